The van der Waals surface area contributed by atoms with E-state index in [2.05, 4.69) is 31.2 Å². The van der Waals surface area contributed by atoms with Gasteiger partial charge in [0.05, 0.1) is 13.2 Å². The molecule has 3 rings (SSSR count). The fourth-order valence-electron chi connectivity index (χ4n) is 4.32. The largest absolute Gasteiger partial charge is 0.497 e. The smallest absolute Gasteiger partial charge is 0.119 e. The predicted octanol–water partition coefficient (Wildman–Crippen LogP) is 6.48. The number of benzene rings is 2. The van der Waals surface area contributed by atoms with Crippen molar-refractivity contribution in [3.63, 3.8) is 0 Å². The fourth-order valence-corrected chi connectivity index (χ4v) is 5.37. The molecule has 1 aliphatic rings. The Kier molecular flexibility index (Phi) is 7.68. The maximum atomic E-state index is 10.3. The minimum Gasteiger partial charge on any atom is -0.497 e. The second kappa shape index (κ2) is 10.0. The first-order valence-corrected chi connectivity index (χ1v) is 11.1. The van der Waals surface area contributed by atoms with Crippen molar-refractivity contribution in [3.8, 4) is 5.75 Å². The highest BCUT2D eigenvalue weighted by molar-refractivity contribution is 6.25. The molecule has 152 valence electrons. The van der Waals surface area contributed by atoms with Crippen LogP contribution in [0.2, 0.25) is 0 Å². The molecular weight excluding hydrogens is 391 g/mol. The van der Waals surface area contributed by atoms with E-state index in [1.165, 1.54) is 11.1 Å². The summed E-state index contributed by atoms with van der Waals surface area (Å²) in [6, 6.07) is 16.5. The third-order valence-corrected chi connectivity index (χ3v) is 6.86. The molecule has 0 radical (unpaired) electrons. The molecule has 28 heavy (non-hydrogen) atoms. The number of alkyl halides is 2. The van der Waals surface area contributed by atoms with Gasteiger partial charge >= 0.3 is 0 Å². The van der Waals surface area contributed by atoms with Gasteiger partial charge in [-0.2, -0.15) is 0 Å². The van der Waals surface area contributed by atoms with Crippen LogP contribution in [0, 0.1) is 5.92 Å². The molecule has 0 spiro atoms. The zero-order valence-electron chi connectivity index (χ0n) is 16.7. The first kappa shape index (κ1) is 21.5. The lowest BCUT2D eigenvalue weighted by atomic mass is 9.84. The first-order chi connectivity index (χ1) is 13.5. The van der Waals surface area contributed by atoms with Crippen molar-refractivity contribution in [3.05, 3.63) is 65.2 Å². The van der Waals surface area contributed by atoms with Crippen molar-refractivity contribution in [2.24, 2.45) is 5.92 Å². The maximum Gasteiger partial charge on any atom is 0.119 e. The van der Waals surface area contributed by atoms with Crippen LogP contribution >= 0.6 is 23.2 Å². The fraction of sp³-hybridized carbons (Fsp3) is 0.500. The van der Waals surface area contributed by atoms with Gasteiger partial charge in [-0.25, -0.2) is 0 Å². The minimum atomic E-state index is -0.391. The lowest BCUT2D eigenvalue weighted by Gasteiger charge is -2.24. The van der Waals surface area contributed by atoms with Crippen molar-refractivity contribution >= 4 is 23.2 Å². The predicted molar refractivity (Wildman–Crippen MR) is 118 cm³/mol. The van der Waals surface area contributed by atoms with Crippen LogP contribution in [0.25, 0.3) is 0 Å². The summed E-state index contributed by atoms with van der Waals surface area (Å²) in [6.45, 7) is 2.14. The Hall–Kier alpha value is -1.22. The van der Waals surface area contributed by atoms with Gasteiger partial charge in [0.15, 0.2) is 0 Å². The summed E-state index contributed by atoms with van der Waals surface area (Å²) in [6.07, 6.45) is 4.22. The maximum absolute atomic E-state index is 10.3. The number of unbranched alkanes of at least 4 members (excludes halogenated alkanes) is 1. The van der Waals surface area contributed by atoms with E-state index in [0.717, 1.165) is 43.4 Å². The van der Waals surface area contributed by atoms with Crippen LogP contribution in [-0.2, 0) is 6.42 Å². The average Bonchev–Trinajstić information content (AvgIpc) is 2.99. The summed E-state index contributed by atoms with van der Waals surface area (Å²) in [4.78, 5) is 0. The van der Waals surface area contributed by atoms with Crippen LogP contribution in [0.15, 0.2) is 48.5 Å². The number of aliphatic hydroxyl groups excluding tert-OH is 1. The molecule has 1 N–H and O–H groups in total. The summed E-state index contributed by atoms with van der Waals surface area (Å²) in [5.41, 5.74) is 3.41. The van der Waals surface area contributed by atoms with Gasteiger partial charge < -0.3 is 9.84 Å². The molecule has 2 aromatic carbocycles. The summed E-state index contributed by atoms with van der Waals surface area (Å²) >= 11 is 13.5. The second-order valence-corrected chi connectivity index (χ2v) is 8.96. The van der Waals surface area contributed by atoms with Crippen LogP contribution in [-0.4, -0.2) is 23.0 Å². The van der Waals surface area contributed by atoms with Crippen molar-refractivity contribution in [1.82, 2.24) is 0 Å². The molecule has 5 unspecified atom stereocenters. The van der Waals surface area contributed by atoms with Crippen LogP contribution in [0.3, 0.4) is 0 Å². The highest BCUT2D eigenvalue weighted by atomic mass is 35.5. The molecule has 0 aromatic heterocycles. The molecule has 5 atom stereocenters. The van der Waals surface area contributed by atoms with Gasteiger partial charge in [-0.1, -0.05) is 56.2 Å². The SMILES string of the molecule is CCCCC(O)c1ccc(C2C(Cl)CC(Cl)C2Cc2cccc(OC)c2)cc1. The van der Waals surface area contributed by atoms with E-state index in [-0.39, 0.29) is 22.6 Å². The summed E-state index contributed by atoms with van der Waals surface area (Å²) in [7, 11) is 1.69. The highest BCUT2D eigenvalue weighted by Crippen LogP contribution is 2.47. The minimum absolute atomic E-state index is 0.0222. The van der Waals surface area contributed by atoms with Gasteiger partial charge in [0, 0.05) is 16.7 Å². The molecular formula is C24H30Cl2O2. The molecule has 1 fully saturated rings. The molecule has 0 saturated heterocycles. The molecule has 1 aliphatic carbocycles. The van der Waals surface area contributed by atoms with E-state index in [9.17, 15) is 5.11 Å². The molecule has 0 aliphatic heterocycles. The molecule has 0 bridgehead atoms. The number of halogens is 2. The van der Waals surface area contributed by atoms with Crippen molar-refractivity contribution in [1.29, 1.82) is 0 Å². The highest BCUT2D eigenvalue weighted by Gasteiger charge is 2.42. The lowest BCUT2D eigenvalue weighted by Crippen LogP contribution is -2.19. The van der Waals surface area contributed by atoms with E-state index in [4.69, 9.17) is 27.9 Å². The van der Waals surface area contributed by atoms with E-state index in [0.29, 0.717) is 0 Å². The number of ether oxygens (including phenoxy) is 1. The molecule has 2 nitrogen and oxygen atoms in total. The molecule has 2 aromatic rings. The Labute approximate surface area is 178 Å². The second-order valence-electron chi connectivity index (χ2n) is 7.84. The molecule has 0 amide bonds. The number of methoxy groups -OCH3 is 1. The van der Waals surface area contributed by atoms with Gasteiger partial charge in [0.1, 0.15) is 5.75 Å². The summed E-state index contributed by atoms with van der Waals surface area (Å²) in [5.74, 6) is 1.34. The van der Waals surface area contributed by atoms with E-state index >= 15 is 0 Å². The van der Waals surface area contributed by atoms with Gasteiger partial charge in [0.2, 0.25) is 0 Å². The van der Waals surface area contributed by atoms with Crippen LogP contribution in [0.5, 0.6) is 5.75 Å². The number of hydrogen-bond donors (Lipinski definition) is 1. The van der Waals surface area contributed by atoms with Crippen LogP contribution in [0.4, 0.5) is 0 Å². The Morgan fingerprint density at radius 3 is 2.54 bits per heavy atom. The standard InChI is InChI=1S/C24H30Cl2O2/c1-3-4-8-23(27)17-9-11-18(12-10-17)24-20(21(25)15-22(24)26)14-16-6-5-7-19(13-16)28-2/h5-7,9-13,20-24,27H,3-4,8,14-15H2,1-2H3. The van der Waals surface area contributed by atoms with Crippen molar-refractivity contribution in [2.75, 3.05) is 7.11 Å². The van der Waals surface area contributed by atoms with Crippen molar-refractivity contribution in [2.45, 2.75) is 61.8 Å². The Bertz CT molecular complexity index is 747. The summed E-state index contributed by atoms with van der Waals surface area (Å²) < 4.78 is 5.36. The number of hydrogen-bond acceptors (Lipinski definition) is 2. The van der Waals surface area contributed by atoms with Gasteiger partial charge in [-0.15, -0.1) is 23.2 Å². The van der Waals surface area contributed by atoms with E-state index in [1.54, 1.807) is 7.11 Å². The molecule has 0 heterocycles. The normalized spacial score (nSPS) is 25.6. The molecule has 4 heteroatoms. The zero-order valence-corrected chi connectivity index (χ0v) is 18.2. The Morgan fingerprint density at radius 2 is 1.86 bits per heavy atom. The number of rotatable bonds is 8. The quantitative estimate of drug-likeness (QED) is 0.495. The van der Waals surface area contributed by atoms with Gasteiger partial charge in [-0.3, -0.25) is 0 Å². The van der Waals surface area contributed by atoms with Crippen LogP contribution < -0.4 is 4.74 Å². The summed E-state index contributed by atoms with van der Waals surface area (Å²) in [5, 5.41) is 10.4. The van der Waals surface area contributed by atoms with Gasteiger partial charge in [-0.05, 0) is 54.0 Å². The van der Waals surface area contributed by atoms with Gasteiger partial charge in [0.25, 0.3) is 0 Å². The van der Waals surface area contributed by atoms with Crippen molar-refractivity contribution < 1.29 is 9.84 Å². The first-order valence-electron chi connectivity index (χ1n) is 10.2. The van der Waals surface area contributed by atoms with E-state index in [1.807, 2.05) is 24.3 Å². The van der Waals surface area contributed by atoms with Crippen LogP contribution in [0.1, 0.15) is 61.3 Å². The Balaban J connectivity index is 1.78. The third kappa shape index (κ3) is 5.03. The third-order valence-electron chi connectivity index (χ3n) is 5.91. The number of aliphatic hydroxyl groups is 1. The zero-order chi connectivity index (χ0) is 20.1. The van der Waals surface area contributed by atoms with E-state index < -0.39 is 6.10 Å². The monoisotopic (exact) mass is 420 g/mol. The lowest BCUT2D eigenvalue weighted by molar-refractivity contribution is 0.164. The topological polar surface area (TPSA) is 29.5 Å². The molecule has 1 saturated carbocycles. The average molecular weight is 421 g/mol. The Morgan fingerprint density at radius 1 is 1.11 bits per heavy atom.